The van der Waals surface area contributed by atoms with E-state index in [2.05, 4.69) is 25.6 Å². The Labute approximate surface area is 174 Å². The van der Waals surface area contributed by atoms with Gasteiger partial charge in [-0.15, -0.1) is 0 Å². The molecule has 0 amide bonds. The predicted molar refractivity (Wildman–Crippen MR) is 114 cm³/mol. The number of ether oxygens (including phenoxy) is 1. The number of aromatic amines is 1. The number of hydrogen-bond donors (Lipinski definition) is 3. The van der Waals surface area contributed by atoms with Gasteiger partial charge in [0.05, 0.1) is 23.5 Å². The van der Waals surface area contributed by atoms with Gasteiger partial charge in [-0.05, 0) is 49.6 Å². The van der Waals surface area contributed by atoms with Crippen LogP contribution in [0.5, 0.6) is 0 Å². The zero-order valence-corrected chi connectivity index (χ0v) is 17.3. The van der Waals surface area contributed by atoms with Crippen LogP contribution in [-0.4, -0.2) is 60.0 Å². The van der Waals surface area contributed by atoms with Gasteiger partial charge >= 0.3 is 0 Å². The van der Waals surface area contributed by atoms with Crippen LogP contribution in [-0.2, 0) is 14.8 Å². The van der Waals surface area contributed by atoms with Crippen LogP contribution < -0.4 is 10.6 Å². The second-order valence-corrected chi connectivity index (χ2v) is 9.51. The highest BCUT2D eigenvalue weighted by atomic mass is 32.2. The third-order valence-corrected chi connectivity index (χ3v) is 7.49. The second kappa shape index (κ2) is 7.86. The fourth-order valence-electron chi connectivity index (χ4n) is 3.63. The summed E-state index contributed by atoms with van der Waals surface area (Å²) in [6.07, 6.45) is 5.39. The molecule has 1 aliphatic heterocycles. The molecule has 1 saturated heterocycles. The molecule has 2 aliphatic rings. The molecule has 10 heteroatoms. The number of nitrogens with zero attached hydrogens (tertiary/aromatic N) is 3. The van der Waals surface area contributed by atoms with Gasteiger partial charge in [-0.3, -0.25) is 0 Å². The topological polar surface area (TPSA) is 112 Å². The molecule has 0 bridgehead atoms. The first-order chi connectivity index (χ1) is 14.6. The van der Waals surface area contributed by atoms with Crippen LogP contribution in [0, 0.1) is 0 Å². The zero-order chi connectivity index (χ0) is 20.6. The molecular weight excluding hydrogens is 404 g/mol. The van der Waals surface area contributed by atoms with Gasteiger partial charge in [0, 0.05) is 31.0 Å². The van der Waals surface area contributed by atoms with Crippen molar-refractivity contribution in [1.82, 2.24) is 19.3 Å². The van der Waals surface area contributed by atoms with Crippen molar-refractivity contribution in [1.29, 1.82) is 0 Å². The predicted octanol–water partition coefficient (Wildman–Crippen LogP) is 2.69. The van der Waals surface area contributed by atoms with Gasteiger partial charge in [-0.1, -0.05) is 0 Å². The lowest BCUT2D eigenvalue weighted by Crippen LogP contribution is -2.40. The van der Waals surface area contributed by atoms with Gasteiger partial charge in [-0.25, -0.2) is 8.42 Å². The lowest BCUT2D eigenvalue weighted by Gasteiger charge is -2.27. The van der Waals surface area contributed by atoms with Gasteiger partial charge in [0.15, 0.2) is 0 Å². The van der Waals surface area contributed by atoms with Gasteiger partial charge < -0.3 is 20.4 Å². The van der Waals surface area contributed by atoms with Gasteiger partial charge in [0.25, 0.3) is 0 Å². The minimum absolute atomic E-state index is 0.267. The van der Waals surface area contributed by atoms with E-state index in [1.165, 1.54) is 10.7 Å². The zero-order valence-electron chi connectivity index (χ0n) is 16.5. The maximum Gasteiger partial charge on any atom is 0.243 e. The standard InChI is InChI=1S/C20H24N6O3S/c27-30(28,26-10-12-29-13-11-26)16-6-4-15(5-7-16)23-20-24-18-17(8-9-21-18)19(25-20)22-14-2-1-3-14/h4-9,14H,1-3,10-13H2,(H3,21,22,23,24,25). The molecule has 3 heterocycles. The van der Waals surface area contributed by atoms with E-state index in [0.717, 1.165) is 35.4 Å². The first-order valence-electron chi connectivity index (χ1n) is 10.2. The molecule has 0 radical (unpaired) electrons. The van der Waals surface area contributed by atoms with Crippen molar-refractivity contribution in [2.45, 2.75) is 30.2 Å². The third-order valence-electron chi connectivity index (χ3n) is 5.58. The molecule has 30 heavy (non-hydrogen) atoms. The molecular formula is C20H24N6O3S. The van der Waals surface area contributed by atoms with Gasteiger partial charge in [0.1, 0.15) is 11.5 Å². The van der Waals surface area contributed by atoms with Crippen molar-refractivity contribution in [2.75, 3.05) is 36.9 Å². The minimum atomic E-state index is -3.51. The SMILES string of the molecule is O=S(=O)(c1ccc(Nc2nc(NC3CCC3)c3cc[nH]c3n2)cc1)N1CCOCC1. The summed E-state index contributed by atoms with van der Waals surface area (Å²) in [6.45, 7) is 1.61. The summed E-state index contributed by atoms with van der Waals surface area (Å²) in [7, 11) is -3.51. The van der Waals surface area contributed by atoms with Crippen molar-refractivity contribution < 1.29 is 13.2 Å². The average molecular weight is 429 g/mol. The fourth-order valence-corrected chi connectivity index (χ4v) is 5.04. The van der Waals surface area contributed by atoms with Crippen LogP contribution in [0.3, 0.4) is 0 Å². The van der Waals surface area contributed by atoms with Crippen LogP contribution in [0.1, 0.15) is 19.3 Å². The molecule has 5 rings (SSSR count). The molecule has 3 N–H and O–H groups in total. The Bertz CT molecular complexity index is 1140. The monoisotopic (exact) mass is 428 g/mol. The summed E-state index contributed by atoms with van der Waals surface area (Å²) in [4.78, 5) is 12.6. The van der Waals surface area contributed by atoms with E-state index in [-0.39, 0.29) is 4.90 Å². The number of fused-ring (bicyclic) bond motifs is 1. The van der Waals surface area contributed by atoms with E-state index in [1.807, 2.05) is 12.3 Å². The summed E-state index contributed by atoms with van der Waals surface area (Å²) in [5.74, 6) is 1.26. The summed E-state index contributed by atoms with van der Waals surface area (Å²) in [5, 5.41) is 7.63. The Balaban J connectivity index is 1.36. The van der Waals surface area contributed by atoms with Crippen molar-refractivity contribution in [3.05, 3.63) is 36.5 Å². The van der Waals surface area contributed by atoms with E-state index < -0.39 is 10.0 Å². The number of hydrogen-bond acceptors (Lipinski definition) is 7. The Morgan fingerprint density at radius 1 is 1.07 bits per heavy atom. The van der Waals surface area contributed by atoms with E-state index in [0.29, 0.717) is 38.3 Å². The first-order valence-corrected chi connectivity index (χ1v) is 11.6. The first kappa shape index (κ1) is 19.3. The minimum Gasteiger partial charge on any atom is -0.379 e. The summed E-state index contributed by atoms with van der Waals surface area (Å²) in [6, 6.07) is 9.09. The summed E-state index contributed by atoms with van der Waals surface area (Å²) >= 11 is 0. The largest absolute Gasteiger partial charge is 0.379 e. The Kier molecular flexibility index (Phi) is 5.05. The van der Waals surface area contributed by atoms with Crippen LogP contribution in [0.4, 0.5) is 17.5 Å². The van der Waals surface area contributed by atoms with Crippen molar-refractivity contribution in [3.63, 3.8) is 0 Å². The van der Waals surface area contributed by atoms with E-state index in [1.54, 1.807) is 24.3 Å². The quantitative estimate of drug-likeness (QED) is 0.553. The second-order valence-electron chi connectivity index (χ2n) is 7.57. The molecule has 2 aromatic heterocycles. The molecule has 158 valence electrons. The Morgan fingerprint density at radius 3 is 2.53 bits per heavy atom. The molecule has 1 saturated carbocycles. The number of anilines is 3. The molecule has 1 aliphatic carbocycles. The normalized spacial score (nSPS) is 18.3. The smallest absolute Gasteiger partial charge is 0.243 e. The average Bonchev–Trinajstić information content (AvgIpc) is 3.20. The molecule has 0 atom stereocenters. The number of aromatic nitrogens is 3. The van der Waals surface area contributed by atoms with Crippen molar-refractivity contribution in [3.8, 4) is 0 Å². The maximum absolute atomic E-state index is 12.8. The van der Waals surface area contributed by atoms with Crippen molar-refractivity contribution >= 4 is 38.5 Å². The van der Waals surface area contributed by atoms with Crippen LogP contribution >= 0.6 is 0 Å². The number of morpholine rings is 1. The lowest BCUT2D eigenvalue weighted by molar-refractivity contribution is 0.0730. The summed E-state index contributed by atoms with van der Waals surface area (Å²) < 4.78 is 32.2. The van der Waals surface area contributed by atoms with Crippen molar-refractivity contribution in [2.24, 2.45) is 0 Å². The van der Waals surface area contributed by atoms with Gasteiger partial charge in [0.2, 0.25) is 16.0 Å². The lowest BCUT2D eigenvalue weighted by atomic mass is 9.93. The fraction of sp³-hybridized carbons (Fsp3) is 0.400. The van der Waals surface area contributed by atoms with Gasteiger partial charge in [-0.2, -0.15) is 14.3 Å². The summed E-state index contributed by atoms with van der Waals surface area (Å²) in [5.41, 5.74) is 1.47. The highest BCUT2D eigenvalue weighted by Gasteiger charge is 2.26. The molecule has 0 spiro atoms. The Hall–Kier alpha value is -2.69. The maximum atomic E-state index is 12.8. The number of nitrogens with one attached hydrogen (secondary N) is 3. The number of sulfonamides is 1. The molecule has 3 aromatic rings. The highest BCUT2D eigenvalue weighted by molar-refractivity contribution is 7.89. The molecule has 9 nitrogen and oxygen atoms in total. The Morgan fingerprint density at radius 2 is 1.83 bits per heavy atom. The van der Waals surface area contributed by atoms with Crippen LogP contribution in [0.15, 0.2) is 41.4 Å². The molecule has 2 fully saturated rings. The number of rotatable bonds is 6. The van der Waals surface area contributed by atoms with E-state index in [9.17, 15) is 8.42 Å². The van der Waals surface area contributed by atoms with Crippen LogP contribution in [0.25, 0.3) is 11.0 Å². The van der Waals surface area contributed by atoms with E-state index in [4.69, 9.17) is 4.74 Å². The van der Waals surface area contributed by atoms with Crippen LogP contribution in [0.2, 0.25) is 0 Å². The number of H-pyrrole nitrogens is 1. The highest BCUT2D eigenvalue weighted by Crippen LogP contribution is 2.28. The molecule has 0 unspecified atom stereocenters. The number of benzene rings is 1. The van der Waals surface area contributed by atoms with E-state index >= 15 is 0 Å². The molecule has 1 aromatic carbocycles. The third kappa shape index (κ3) is 3.73.